The molecule has 1 aromatic heterocycles. The minimum absolute atomic E-state index is 0.130. The van der Waals surface area contributed by atoms with Crippen LogP contribution >= 0.6 is 23.2 Å². The third-order valence-corrected chi connectivity index (χ3v) is 7.76. The predicted octanol–water partition coefficient (Wildman–Crippen LogP) is 5.04. The summed E-state index contributed by atoms with van der Waals surface area (Å²) in [5.74, 6) is -1.41. The number of rotatable bonds is 7. The number of sulfonamides is 2. The highest BCUT2D eigenvalue weighted by Gasteiger charge is 2.24. The van der Waals surface area contributed by atoms with Crippen LogP contribution in [-0.4, -0.2) is 27.9 Å². The number of anilines is 2. The van der Waals surface area contributed by atoms with Crippen molar-refractivity contribution in [2.24, 2.45) is 0 Å². The third kappa shape index (κ3) is 4.82. The Kier molecular flexibility index (Phi) is 6.21. The van der Waals surface area contributed by atoms with E-state index in [1.807, 2.05) is 0 Å². The monoisotopic (exact) mass is 540 g/mol. The first kappa shape index (κ1) is 23.9. The third-order valence-electron chi connectivity index (χ3n) is 4.62. The molecule has 0 amide bonds. The average Bonchev–Trinajstić information content (AvgIpc) is 3.21. The van der Waals surface area contributed by atoms with Crippen molar-refractivity contribution in [3.8, 4) is 0 Å². The summed E-state index contributed by atoms with van der Waals surface area (Å²) in [7, 11) is -8.60. The molecule has 1 heterocycles. The molecule has 0 spiro atoms. The first-order chi connectivity index (χ1) is 16.0. The maximum atomic E-state index is 12.9. The lowest BCUT2D eigenvalue weighted by atomic mass is 10.2. The lowest BCUT2D eigenvalue weighted by Crippen LogP contribution is -2.17. The fraction of sp³-hybridized carbons (Fsp3) is 0. The Labute approximate surface area is 204 Å². The normalized spacial score (nSPS) is 11.9. The van der Waals surface area contributed by atoms with E-state index >= 15 is 0 Å². The second-order valence-corrected chi connectivity index (χ2v) is 11.1. The average molecular weight is 541 g/mol. The number of carboxylic acids is 1. The molecule has 0 fully saturated rings. The van der Waals surface area contributed by atoms with E-state index < -0.39 is 36.5 Å². The van der Waals surface area contributed by atoms with Gasteiger partial charge >= 0.3 is 5.97 Å². The van der Waals surface area contributed by atoms with Crippen molar-refractivity contribution in [1.82, 2.24) is 0 Å². The molecule has 0 saturated heterocycles. The van der Waals surface area contributed by atoms with E-state index in [2.05, 4.69) is 9.44 Å². The smallest absolute Gasteiger partial charge is 0.337 e. The number of halogens is 2. The zero-order valence-corrected chi connectivity index (χ0v) is 20.0. The van der Waals surface area contributed by atoms with Gasteiger partial charge in [-0.15, -0.1) is 0 Å². The van der Waals surface area contributed by atoms with Crippen LogP contribution in [0.3, 0.4) is 0 Å². The molecule has 3 aromatic carbocycles. The van der Waals surface area contributed by atoms with Gasteiger partial charge in [0.2, 0.25) is 5.09 Å². The highest BCUT2D eigenvalue weighted by atomic mass is 35.5. The number of carbonyl (C=O) groups is 1. The van der Waals surface area contributed by atoms with Crippen LogP contribution in [0.2, 0.25) is 10.0 Å². The lowest BCUT2D eigenvalue weighted by Gasteiger charge is -2.15. The van der Waals surface area contributed by atoms with Crippen molar-refractivity contribution >= 4 is 71.6 Å². The van der Waals surface area contributed by atoms with Crippen molar-refractivity contribution in [2.45, 2.75) is 9.99 Å². The molecule has 9 nitrogen and oxygen atoms in total. The van der Waals surface area contributed by atoms with Gasteiger partial charge in [0.1, 0.15) is 5.58 Å². The Hall–Kier alpha value is -3.25. The fourth-order valence-corrected chi connectivity index (χ4v) is 5.53. The second-order valence-electron chi connectivity index (χ2n) is 6.95. The quantitative estimate of drug-likeness (QED) is 0.298. The molecule has 0 saturated carbocycles. The molecule has 13 heteroatoms. The topological polar surface area (TPSA) is 143 Å². The van der Waals surface area contributed by atoms with E-state index in [9.17, 15) is 26.7 Å². The van der Waals surface area contributed by atoms with Gasteiger partial charge in [-0.3, -0.25) is 9.44 Å². The predicted molar refractivity (Wildman–Crippen MR) is 128 cm³/mol. The van der Waals surface area contributed by atoms with Gasteiger partial charge in [0.15, 0.2) is 0 Å². The molecular weight excluding hydrogens is 527 g/mol. The zero-order valence-electron chi connectivity index (χ0n) is 16.8. The number of carboxylic acid groups (broad SMARTS) is 1. The molecular formula is C21H14Cl2N2O7S2. The summed E-state index contributed by atoms with van der Waals surface area (Å²) >= 11 is 11.8. The number of hydrogen-bond donors (Lipinski definition) is 3. The SMILES string of the molecule is O=C(O)c1cc(S(=O)(=O)Nc2ccc(Cl)cc2NS(=O)(=O)c2cc3ccccc3o2)ccc1Cl. The maximum absolute atomic E-state index is 12.9. The zero-order chi connectivity index (χ0) is 24.7. The molecule has 3 N–H and O–H groups in total. The molecule has 34 heavy (non-hydrogen) atoms. The van der Waals surface area contributed by atoms with E-state index in [1.54, 1.807) is 24.3 Å². The van der Waals surface area contributed by atoms with Crippen LogP contribution in [0, 0.1) is 0 Å². The minimum Gasteiger partial charge on any atom is -0.478 e. The van der Waals surface area contributed by atoms with Gasteiger partial charge in [-0.2, -0.15) is 8.42 Å². The van der Waals surface area contributed by atoms with Gasteiger partial charge in [0.05, 0.1) is 26.9 Å². The summed E-state index contributed by atoms with van der Waals surface area (Å²) < 4.78 is 61.6. The van der Waals surface area contributed by atoms with Gasteiger partial charge in [-0.25, -0.2) is 13.2 Å². The summed E-state index contributed by atoms with van der Waals surface area (Å²) in [5, 5.41) is 9.38. The second kappa shape index (κ2) is 8.84. The first-order valence-corrected chi connectivity index (χ1v) is 13.1. The molecule has 176 valence electrons. The highest BCUT2D eigenvalue weighted by molar-refractivity contribution is 7.93. The number of furan rings is 1. The van der Waals surface area contributed by atoms with Crippen molar-refractivity contribution in [1.29, 1.82) is 0 Å². The van der Waals surface area contributed by atoms with E-state index in [0.29, 0.717) is 11.0 Å². The molecule has 0 unspecified atom stereocenters. The van der Waals surface area contributed by atoms with E-state index in [-0.39, 0.29) is 26.5 Å². The van der Waals surface area contributed by atoms with Crippen LogP contribution in [-0.2, 0) is 20.0 Å². The molecule has 4 aromatic rings. The number of aromatic carboxylic acids is 1. The number of fused-ring (bicyclic) bond motifs is 1. The van der Waals surface area contributed by atoms with Crippen LogP contribution in [0.1, 0.15) is 10.4 Å². The number of hydrogen-bond acceptors (Lipinski definition) is 6. The summed E-state index contributed by atoms with van der Waals surface area (Å²) in [6.45, 7) is 0. The van der Waals surface area contributed by atoms with Gasteiger partial charge in [0.25, 0.3) is 20.0 Å². The largest absolute Gasteiger partial charge is 0.478 e. The van der Waals surface area contributed by atoms with Crippen LogP contribution in [0.5, 0.6) is 0 Å². The Morgan fingerprint density at radius 3 is 2.24 bits per heavy atom. The Balaban J connectivity index is 1.70. The molecule has 0 bridgehead atoms. The minimum atomic E-state index is -4.34. The summed E-state index contributed by atoms with van der Waals surface area (Å²) in [6, 6.07) is 15.0. The molecule has 4 rings (SSSR count). The van der Waals surface area contributed by atoms with Crippen molar-refractivity contribution in [3.05, 3.63) is 82.3 Å². The summed E-state index contributed by atoms with van der Waals surface area (Å²) in [5.41, 5.74) is -0.391. The first-order valence-electron chi connectivity index (χ1n) is 9.33. The Morgan fingerprint density at radius 2 is 1.53 bits per heavy atom. The number of benzene rings is 3. The van der Waals surface area contributed by atoms with E-state index in [1.165, 1.54) is 24.3 Å². The molecule has 0 aliphatic carbocycles. The maximum Gasteiger partial charge on any atom is 0.337 e. The van der Waals surface area contributed by atoms with Gasteiger partial charge in [-0.1, -0.05) is 41.4 Å². The highest BCUT2D eigenvalue weighted by Crippen LogP contribution is 2.32. The van der Waals surface area contributed by atoms with E-state index in [0.717, 1.165) is 18.2 Å². The molecule has 0 radical (unpaired) electrons. The van der Waals surface area contributed by atoms with E-state index in [4.69, 9.17) is 27.6 Å². The number of para-hydroxylation sites is 1. The van der Waals surface area contributed by atoms with Crippen molar-refractivity contribution in [3.63, 3.8) is 0 Å². The Morgan fingerprint density at radius 1 is 0.824 bits per heavy atom. The van der Waals surface area contributed by atoms with Crippen LogP contribution in [0.15, 0.2) is 81.1 Å². The van der Waals surface area contributed by atoms with Crippen LogP contribution < -0.4 is 9.44 Å². The van der Waals surface area contributed by atoms with Crippen molar-refractivity contribution in [2.75, 3.05) is 9.44 Å². The van der Waals surface area contributed by atoms with Gasteiger partial charge < -0.3 is 9.52 Å². The van der Waals surface area contributed by atoms with Crippen LogP contribution in [0.25, 0.3) is 11.0 Å². The number of nitrogens with one attached hydrogen (secondary N) is 2. The molecule has 0 aliphatic rings. The van der Waals surface area contributed by atoms with Gasteiger partial charge in [-0.05, 0) is 42.5 Å². The fourth-order valence-electron chi connectivity index (χ4n) is 3.01. The van der Waals surface area contributed by atoms with Crippen molar-refractivity contribution < 1.29 is 31.2 Å². The molecule has 0 atom stereocenters. The van der Waals surface area contributed by atoms with Crippen LogP contribution in [0.4, 0.5) is 11.4 Å². The summed E-state index contributed by atoms with van der Waals surface area (Å²) in [6.07, 6.45) is 0. The Bertz CT molecular complexity index is 1620. The standard InChI is InChI=1S/C21H14Cl2N2O7S2/c22-13-5-8-17(24-33(28,29)14-6-7-16(23)15(11-14)21(26)27)18(10-13)25-34(30,31)20-9-12-3-1-2-4-19(12)32-20/h1-11,24-25H,(H,26,27). The lowest BCUT2D eigenvalue weighted by molar-refractivity contribution is 0.0696. The molecule has 0 aliphatic heterocycles. The van der Waals surface area contributed by atoms with Gasteiger partial charge in [0, 0.05) is 16.5 Å². The summed E-state index contributed by atoms with van der Waals surface area (Å²) in [4.78, 5) is 10.9.